The van der Waals surface area contributed by atoms with E-state index in [-0.39, 0.29) is 11.8 Å². The summed E-state index contributed by atoms with van der Waals surface area (Å²) in [6, 6.07) is 0. The molecule has 0 aromatic carbocycles. The molecule has 5 nitrogen and oxygen atoms in total. The van der Waals surface area contributed by atoms with Gasteiger partial charge in [0.1, 0.15) is 5.76 Å². The largest absolute Gasteiger partial charge is 0.361 e. The predicted molar refractivity (Wildman–Crippen MR) is 65.3 cm³/mol. The normalized spacial score (nSPS) is 12.5. The fourth-order valence-electron chi connectivity index (χ4n) is 1.59. The van der Waals surface area contributed by atoms with Crippen LogP contribution in [0.5, 0.6) is 0 Å². The first-order valence-electron chi connectivity index (χ1n) is 6.08. The van der Waals surface area contributed by atoms with Crippen LogP contribution in [0.15, 0.2) is 4.52 Å². The van der Waals surface area contributed by atoms with E-state index in [4.69, 9.17) is 10.3 Å². The maximum Gasteiger partial charge on any atom is 0.224 e. The van der Waals surface area contributed by atoms with Gasteiger partial charge in [-0.05, 0) is 6.42 Å². The van der Waals surface area contributed by atoms with Crippen molar-refractivity contribution in [2.75, 3.05) is 6.54 Å². The Hall–Kier alpha value is -1.36. The third-order valence-electron chi connectivity index (χ3n) is 2.85. The quantitative estimate of drug-likeness (QED) is 0.776. The zero-order valence-corrected chi connectivity index (χ0v) is 10.7. The van der Waals surface area contributed by atoms with E-state index >= 15 is 0 Å². The van der Waals surface area contributed by atoms with E-state index in [1.165, 1.54) is 0 Å². The number of aryl methyl sites for hydroxylation is 2. The molecule has 17 heavy (non-hydrogen) atoms. The topological polar surface area (TPSA) is 81.2 Å². The number of rotatable bonds is 6. The van der Waals surface area contributed by atoms with Gasteiger partial charge in [0.25, 0.3) is 0 Å². The molecule has 96 valence electrons. The summed E-state index contributed by atoms with van der Waals surface area (Å²) < 4.78 is 5.23. The van der Waals surface area contributed by atoms with Crippen LogP contribution in [-0.4, -0.2) is 17.6 Å². The van der Waals surface area contributed by atoms with E-state index in [9.17, 15) is 4.79 Å². The molecule has 0 saturated carbocycles. The minimum atomic E-state index is -0.162. The summed E-state index contributed by atoms with van der Waals surface area (Å²) >= 11 is 0. The average molecular weight is 239 g/mol. The highest BCUT2D eigenvalue weighted by Gasteiger charge is 2.16. The zero-order valence-electron chi connectivity index (χ0n) is 10.7. The molecule has 0 spiro atoms. The highest BCUT2D eigenvalue weighted by molar-refractivity contribution is 5.78. The lowest BCUT2D eigenvalue weighted by atomic mass is 10.1. The van der Waals surface area contributed by atoms with Gasteiger partial charge in [-0.25, -0.2) is 0 Å². The molecule has 1 unspecified atom stereocenters. The minimum absolute atomic E-state index is 0.0298. The van der Waals surface area contributed by atoms with Gasteiger partial charge < -0.3 is 15.6 Å². The Morgan fingerprint density at radius 2 is 2.18 bits per heavy atom. The third kappa shape index (κ3) is 3.30. The van der Waals surface area contributed by atoms with Gasteiger partial charge in [0.15, 0.2) is 0 Å². The predicted octanol–water partition coefficient (Wildman–Crippen LogP) is 1.01. The van der Waals surface area contributed by atoms with E-state index in [2.05, 4.69) is 10.5 Å². The van der Waals surface area contributed by atoms with E-state index < -0.39 is 0 Å². The van der Waals surface area contributed by atoms with Crippen molar-refractivity contribution in [1.82, 2.24) is 10.5 Å². The maximum absolute atomic E-state index is 11.6. The van der Waals surface area contributed by atoms with Crippen LogP contribution in [0.25, 0.3) is 0 Å². The summed E-state index contributed by atoms with van der Waals surface area (Å²) in [7, 11) is 0. The number of aromatic nitrogens is 1. The molecule has 1 rings (SSSR count). The van der Waals surface area contributed by atoms with Crippen LogP contribution in [0, 0.1) is 5.92 Å². The zero-order chi connectivity index (χ0) is 12.8. The number of carbonyl (C=O) groups excluding carboxylic acids is 1. The van der Waals surface area contributed by atoms with Crippen molar-refractivity contribution >= 4 is 5.91 Å². The van der Waals surface area contributed by atoms with Crippen LogP contribution < -0.4 is 11.1 Å². The second-order valence-corrected chi connectivity index (χ2v) is 4.09. The van der Waals surface area contributed by atoms with Crippen LogP contribution in [0.3, 0.4) is 0 Å². The number of amides is 1. The standard InChI is InChI=1S/C12H21N3O2/c1-4-10-9(11(5-2)17-15-10)7-14-12(16)8(3)6-13/h8H,4-7,13H2,1-3H3,(H,14,16). The molecule has 1 atom stereocenters. The second-order valence-electron chi connectivity index (χ2n) is 4.09. The van der Waals surface area contributed by atoms with Crippen LogP contribution >= 0.6 is 0 Å². The van der Waals surface area contributed by atoms with E-state index in [0.717, 1.165) is 29.9 Å². The molecule has 0 bridgehead atoms. The molecule has 0 aliphatic carbocycles. The summed E-state index contributed by atoms with van der Waals surface area (Å²) in [5.74, 6) is 0.658. The number of nitrogens with zero attached hydrogens (tertiary/aromatic N) is 1. The summed E-state index contributed by atoms with van der Waals surface area (Å²) in [5, 5.41) is 6.86. The van der Waals surface area contributed by atoms with Crippen molar-refractivity contribution in [3.05, 3.63) is 17.0 Å². The lowest BCUT2D eigenvalue weighted by Crippen LogP contribution is -2.33. The number of carbonyl (C=O) groups is 1. The van der Waals surface area contributed by atoms with Gasteiger partial charge in [0.2, 0.25) is 5.91 Å². The monoisotopic (exact) mass is 239 g/mol. The smallest absolute Gasteiger partial charge is 0.224 e. The van der Waals surface area contributed by atoms with E-state index in [1.54, 1.807) is 0 Å². The van der Waals surface area contributed by atoms with E-state index in [0.29, 0.717) is 13.1 Å². The Balaban J connectivity index is 2.67. The van der Waals surface area contributed by atoms with Crippen LogP contribution in [0.1, 0.15) is 37.8 Å². The number of nitrogens with one attached hydrogen (secondary N) is 1. The third-order valence-corrected chi connectivity index (χ3v) is 2.85. The number of hydrogen-bond acceptors (Lipinski definition) is 4. The molecule has 1 amide bonds. The summed E-state index contributed by atoms with van der Waals surface area (Å²) in [4.78, 5) is 11.6. The van der Waals surface area contributed by atoms with Crippen molar-refractivity contribution in [3.8, 4) is 0 Å². The van der Waals surface area contributed by atoms with Gasteiger partial charge in [-0.3, -0.25) is 4.79 Å². The molecule has 1 heterocycles. The van der Waals surface area contributed by atoms with Crippen LogP contribution in [0.2, 0.25) is 0 Å². The second kappa shape index (κ2) is 6.39. The average Bonchev–Trinajstić information content (AvgIpc) is 2.76. The SMILES string of the molecule is CCc1noc(CC)c1CNC(=O)C(C)CN. The Kier molecular flexibility index (Phi) is 5.15. The summed E-state index contributed by atoms with van der Waals surface area (Å²) in [5.41, 5.74) is 7.37. The van der Waals surface area contributed by atoms with Gasteiger partial charge in [-0.1, -0.05) is 25.9 Å². The van der Waals surface area contributed by atoms with Gasteiger partial charge in [0, 0.05) is 31.0 Å². The van der Waals surface area contributed by atoms with Gasteiger partial charge in [-0.2, -0.15) is 0 Å². The van der Waals surface area contributed by atoms with E-state index in [1.807, 2.05) is 20.8 Å². The van der Waals surface area contributed by atoms with Crippen molar-refractivity contribution in [1.29, 1.82) is 0 Å². The molecule has 5 heteroatoms. The lowest BCUT2D eigenvalue weighted by Gasteiger charge is -2.10. The molecule has 0 aliphatic heterocycles. The minimum Gasteiger partial charge on any atom is -0.361 e. The molecule has 3 N–H and O–H groups in total. The van der Waals surface area contributed by atoms with Crippen molar-refractivity contribution in [2.24, 2.45) is 11.7 Å². The number of hydrogen-bond donors (Lipinski definition) is 2. The summed E-state index contributed by atoms with van der Waals surface area (Å²) in [6.07, 6.45) is 1.59. The lowest BCUT2D eigenvalue weighted by molar-refractivity contribution is -0.124. The fourth-order valence-corrected chi connectivity index (χ4v) is 1.59. The first kappa shape index (κ1) is 13.7. The van der Waals surface area contributed by atoms with Crippen LogP contribution in [0.4, 0.5) is 0 Å². The molecular weight excluding hydrogens is 218 g/mol. The maximum atomic E-state index is 11.6. The van der Waals surface area contributed by atoms with Crippen molar-refractivity contribution < 1.29 is 9.32 Å². The summed E-state index contributed by atoms with van der Waals surface area (Å²) in [6.45, 7) is 6.67. The first-order valence-corrected chi connectivity index (χ1v) is 6.08. The molecule has 0 saturated heterocycles. The molecule has 1 aromatic heterocycles. The highest BCUT2D eigenvalue weighted by Crippen LogP contribution is 2.15. The Morgan fingerprint density at radius 3 is 2.71 bits per heavy atom. The van der Waals surface area contributed by atoms with Gasteiger partial charge in [0.05, 0.1) is 5.69 Å². The van der Waals surface area contributed by atoms with Crippen molar-refractivity contribution in [2.45, 2.75) is 40.2 Å². The molecule has 0 fully saturated rings. The molecule has 0 radical (unpaired) electrons. The molecule has 0 aliphatic rings. The first-order chi connectivity index (χ1) is 8.13. The number of nitrogens with two attached hydrogens (primary N) is 1. The Morgan fingerprint density at radius 1 is 1.47 bits per heavy atom. The van der Waals surface area contributed by atoms with Gasteiger partial charge in [-0.15, -0.1) is 0 Å². The molecule has 1 aromatic rings. The Labute approximate surface area is 102 Å². The Bertz CT molecular complexity index is 352. The van der Waals surface area contributed by atoms with Gasteiger partial charge >= 0.3 is 0 Å². The molecular formula is C12H21N3O2. The van der Waals surface area contributed by atoms with Crippen molar-refractivity contribution in [3.63, 3.8) is 0 Å². The fraction of sp³-hybridized carbons (Fsp3) is 0.667. The highest BCUT2D eigenvalue weighted by atomic mass is 16.5. The van der Waals surface area contributed by atoms with Crippen LogP contribution in [-0.2, 0) is 24.2 Å².